The summed E-state index contributed by atoms with van der Waals surface area (Å²) in [6.07, 6.45) is 4.08. The van der Waals surface area contributed by atoms with Crippen molar-refractivity contribution in [1.29, 1.82) is 0 Å². The number of unbranched alkanes of at least 4 members (excludes halogenated alkanes) is 1. The van der Waals surface area contributed by atoms with Crippen molar-refractivity contribution in [3.63, 3.8) is 0 Å². The number of nitrogens with one attached hydrogen (secondary N) is 1. The summed E-state index contributed by atoms with van der Waals surface area (Å²) in [7, 11) is -3.55. The van der Waals surface area contributed by atoms with Gasteiger partial charge in [0.1, 0.15) is 11.8 Å². The lowest BCUT2D eigenvalue weighted by Crippen LogP contribution is -2.49. The molecule has 0 aliphatic rings. The molecule has 0 spiro atoms. The molecule has 0 radical (unpaired) electrons. The second-order valence-corrected chi connectivity index (χ2v) is 10.9. The molecule has 1 N–H and O–H groups in total. The van der Waals surface area contributed by atoms with Gasteiger partial charge in [0.15, 0.2) is 0 Å². The summed E-state index contributed by atoms with van der Waals surface area (Å²) in [5.41, 5.74) is 1.60. The van der Waals surface area contributed by atoms with E-state index >= 15 is 0 Å². The Kier molecular flexibility index (Phi) is 12.4. The molecular formula is C28H41N3O5S. The quantitative estimate of drug-likeness (QED) is 0.330. The first kappa shape index (κ1) is 30.2. The number of anilines is 1. The van der Waals surface area contributed by atoms with E-state index < -0.39 is 16.1 Å². The highest BCUT2D eigenvalue weighted by molar-refractivity contribution is 7.92. The summed E-state index contributed by atoms with van der Waals surface area (Å²) in [5.74, 6) is 0.311. The van der Waals surface area contributed by atoms with E-state index in [9.17, 15) is 18.0 Å². The monoisotopic (exact) mass is 531 g/mol. The van der Waals surface area contributed by atoms with Crippen molar-refractivity contribution in [3.05, 3.63) is 60.2 Å². The van der Waals surface area contributed by atoms with Gasteiger partial charge in [-0.25, -0.2) is 8.42 Å². The molecule has 2 rings (SSSR count). The number of ether oxygens (including phenoxy) is 1. The van der Waals surface area contributed by atoms with Crippen molar-refractivity contribution < 1.29 is 22.7 Å². The number of sulfonamides is 1. The second kappa shape index (κ2) is 15.2. The third kappa shape index (κ3) is 10.1. The van der Waals surface area contributed by atoms with E-state index in [4.69, 9.17) is 4.74 Å². The number of carbonyl (C=O) groups is 2. The molecule has 2 aromatic rings. The van der Waals surface area contributed by atoms with Crippen LogP contribution in [0.5, 0.6) is 5.75 Å². The van der Waals surface area contributed by atoms with Crippen LogP contribution in [0.2, 0.25) is 0 Å². The Morgan fingerprint density at radius 3 is 2.24 bits per heavy atom. The topological polar surface area (TPSA) is 96.0 Å². The van der Waals surface area contributed by atoms with Crippen LogP contribution in [0.25, 0.3) is 0 Å². The second-order valence-electron chi connectivity index (χ2n) is 9.01. The molecule has 8 nitrogen and oxygen atoms in total. The SMILES string of the molecule is CCCCNC(=O)C(C)N(CCc1ccccc1)C(=O)CCCN(c1ccc(OCC)cc1)S(C)(=O)=O. The van der Waals surface area contributed by atoms with Crippen LogP contribution in [0, 0.1) is 0 Å². The van der Waals surface area contributed by atoms with E-state index in [2.05, 4.69) is 12.2 Å². The van der Waals surface area contributed by atoms with Crippen LogP contribution in [-0.4, -0.2) is 63.7 Å². The maximum absolute atomic E-state index is 13.3. The molecule has 0 fully saturated rings. The van der Waals surface area contributed by atoms with Crippen LogP contribution in [0.15, 0.2) is 54.6 Å². The van der Waals surface area contributed by atoms with Crippen LogP contribution < -0.4 is 14.4 Å². The minimum absolute atomic E-state index is 0.129. The van der Waals surface area contributed by atoms with Gasteiger partial charge < -0.3 is 15.0 Å². The minimum atomic E-state index is -3.55. The van der Waals surface area contributed by atoms with Crippen LogP contribution >= 0.6 is 0 Å². The molecular weight excluding hydrogens is 490 g/mol. The largest absolute Gasteiger partial charge is 0.494 e. The fraction of sp³-hybridized carbons (Fsp3) is 0.500. The number of carbonyl (C=O) groups excluding carboxylic acids is 2. The molecule has 2 amide bonds. The average Bonchev–Trinajstić information content (AvgIpc) is 2.87. The van der Waals surface area contributed by atoms with E-state index in [0.29, 0.717) is 44.0 Å². The zero-order chi connectivity index (χ0) is 27.3. The normalized spacial score (nSPS) is 12.0. The van der Waals surface area contributed by atoms with E-state index in [1.807, 2.05) is 37.3 Å². The molecule has 0 saturated heterocycles. The minimum Gasteiger partial charge on any atom is -0.494 e. The van der Waals surface area contributed by atoms with Crippen LogP contribution in [0.4, 0.5) is 5.69 Å². The Morgan fingerprint density at radius 2 is 1.65 bits per heavy atom. The van der Waals surface area contributed by atoms with Crippen LogP contribution in [0.3, 0.4) is 0 Å². The summed E-state index contributed by atoms with van der Waals surface area (Å²) in [6, 6.07) is 16.1. The molecule has 0 aliphatic carbocycles. The molecule has 1 unspecified atom stereocenters. The van der Waals surface area contributed by atoms with Crippen LogP contribution in [0.1, 0.15) is 52.0 Å². The lowest BCUT2D eigenvalue weighted by atomic mass is 10.1. The van der Waals surface area contributed by atoms with E-state index in [-0.39, 0.29) is 24.8 Å². The first-order valence-electron chi connectivity index (χ1n) is 13.0. The Labute approximate surface area is 222 Å². The number of benzene rings is 2. The summed E-state index contributed by atoms with van der Waals surface area (Å²) in [4.78, 5) is 27.6. The highest BCUT2D eigenvalue weighted by Crippen LogP contribution is 2.22. The maximum atomic E-state index is 13.3. The van der Waals surface area contributed by atoms with Gasteiger partial charge >= 0.3 is 0 Å². The molecule has 37 heavy (non-hydrogen) atoms. The van der Waals surface area contributed by atoms with Gasteiger partial charge in [0.05, 0.1) is 18.6 Å². The molecule has 9 heteroatoms. The molecule has 0 aliphatic heterocycles. The number of hydrogen-bond acceptors (Lipinski definition) is 5. The van der Waals surface area contributed by atoms with Gasteiger partial charge in [-0.3, -0.25) is 13.9 Å². The summed E-state index contributed by atoms with van der Waals surface area (Å²) >= 11 is 0. The zero-order valence-corrected chi connectivity index (χ0v) is 23.3. The zero-order valence-electron chi connectivity index (χ0n) is 22.5. The van der Waals surface area contributed by atoms with Gasteiger partial charge in [0, 0.05) is 26.1 Å². The number of hydrogen-bond donors (Lipinski definition) is 1. The number of nitrogens with zero attached hydrogens (tertiary/aromatic N) is 2. The lowest BCUT2D eigenvalue weighted by Gasteiger charge is -2.29. The van der Waals surface area contributed by atoms with Crippen molar-refractivity contribution in [2.75, 3.05) is 36.8 Å². The molecule has 1 atom stereocenters. The molecule has 0 aromatic heterocycles. The first-order valence-corrected chi connectivity index (χ1v) is 14.8. The Morgan fingerprint density at radius 1 is 0.973 bits per heavy atom. The van der Waals surface area contributed by atoms with Crippen molar-refractivity contribution in [3.8, 4) is 5.75 Å². The summed E-state index contributed by atoms with van der Waals surface area (Å²) in [5, 5.41) is 2.92. The fourth-order valence-corrected chi connectivity index (χ4v) is 4.95. The van der Waals surface area contributed by atoms with Gasteiger partial charge in [0.25, 0.3) is 0 Å². The summed E-state index contributed by atoms with van der Waals surface area (Å²) in [6.45, 7) is 7.33. The van der Waals surface area contributed by atoms with Crippen LogP contribution in [-0.2, 0) is 26.0 Å². The highest BCUT2D eigenvalue weighted by atomic mass is 32.2. The fourth-order valence-electron chi connectivity index (χ4n) is 3.99. The number of rotatable bonds is 16. The van der Waals surface area contributed by atoms with Crippen molar-refractivity contribution in [2.24, 2.45) is 0 Å². The highest BCUT2D eigenvalue weighted by Gasteiger charge is 2.26. The van der Waals surface area contributed by atoms with Gasteiger partial charge in [0.2, 0.25) is 21.8 Å². The van der Waals surface area contributed by atoms with Gasteiger partial charge in [-0.2, -0.15) is 0 Å². The smallest absolute Gasteiger partial charge is 0.242 e. The Bertz CT molecular complexity index is 1070. The van der Waals surface area contributed by atoms with E-state index in [1.165, 1.54) is 4.31 Å². The molecule has 0 heterocycles. The summed E-state index contributed by atoms with van der Waals surface area (Å²) < 4.78 is 31.7. The molecule has 0 saturated carbocycles. The van der Waals surface area contributed by atoms with Gasteiger partial charge in [-0.1, -0.05) is 43.7 Å². The maximum Gasteiger partial charge on any atom is 0.242 e. The van der Waals surface area contributed by atoms with Crippen molar-refractivity contribution in [1.82, 2.24) is 10.2 Å². The van der Waals surface area contributed by atoms with Crippen molar-refractivity contribution >= 4 is 27.5 Å². The van der Waals surface area contributed by atoms with Gasteiger partial charge in [-0.05, 0) is 62.9 Å². The van der Waals surface area contributed by atoms with Gasteiger partial charge in [-0.15, -0.1) is 0 Å². The predicted octanol–water partition coefficient (Wildman–Crippen LogP) is 4.01. The molecule has 204 valence electrons. The third-order valence-electron chi connectivity index (χ3n) is 6.07. The molecule has 2 aromatic carbocycles. The molecule has 0 bridgehead atoms. The lowest BCUT2D eigenvalue weighted by molar-refractivity contribution is -0.139. The van der Waals surface area contributed by atoms with E-state index in [0.717, 1.165) is 24.7 Å². The predicted molar refractivity (Wildman–Crippen MR) is 148 cm³/mol. The third-order valence-corrected chi connectivity index (χ3v) is 7.26. The Balaban J connectivity index is 2.08. The Hall–Kier alpha value is -3.07. The number of amides is 2. The van der Waals surface area contributed by atoms with E-state index in [1.54, 1.807) is 36.1 Å². The first-order chi connectivity index (χ1) is 17.7. The van der Waals surface area contributed by atoms with Crippen molar-refractivity contribution in [2.45, 2.75) is 58.9 Å². The average molecular weight is 532 g/mol. The standard InChI is InChI=1S/C28H41N3O5S/c1-5-7-20-29-28(33)23(3)30(22-19-24-12-9-8-10-13-24)27(32)14-11-21-31(37(4,34)35)25-15-17-26(18-16-25)36-6-2/h8-10,12-13,15-18,23H,5-7,11,14,19-22H2,1-4H3,(H,29,33).